The summed E-state index contributed by atoms with van der Waals surface area (Å²) in [7, 11) is 3.17. The first-order valence-electron chi connectivity index (χ1n) is 9.51. The third kappa shape index (κ3) is 5.60. The highest BCUT2D eigenvalue weighted by Gasteiger charge is 2.24. The lowest BCUT2D eigenvalue weighted by Crippen LogP contribution is -2.51. The van der Waals surface area contributed by atoms with Gasteiger partial charge in [-0.3, -0.25) is 14.5 Å². The minimum Gasteiger partial charge on any atom is -0.496 e. The Morgan fingerprint density at radius 2 is 1.67 bits per heavy atom. The summed E-state index contributed by atoms with van der Waals surface area (Å²) in [6, 6.07) is 3.52. The Labute approximate surface area is 161 Å². The summed E-state index contributed by atoms with van der Waals surface area (Å²) in [4.78, 5) is 28.7. The van der Waals surface area contributed by atoms with E-state index >= 15 is 0 Å². The van der Waals surface area contributed by atoms with Gasteiger partial charge in [-0.1, -0.05) is 13.3 Å². The summed E-state index contributed by atoms with van der Waals surface area (Å²) in [6.07, 6.45) is 2.06. The zero-order valence-electron chi connectivity index (χ0n) is 16.8. The number of nitrogens with zero attached hydrogens (tertiary/aromatic N) is 2. The second kappa shape index (κ2) is 10.2. The molecule has 0 bridgehead atoms. The number of methoxy groups -OCH3 is 2. The molecule has 1 saturated heterocycles. The molecule has 0 spiro atoms. The van der Waals surface area contributed by atoms with Crippen molar-refractivity contribution in [3.05, 3.63) is 23.3 Å². The topological polar surface area (TPSA) is 71.1 Å². The maximum Gasteiger partial charge on any atom is 0.254 e. The molecule has 0 unspecified atom stereocenters. The van der Waals surface area contributed by atoms with Crippen LogP contribution >= 0.6 is 0 Å². The first kappa shape index (κ1) is 21.0. The average molecular weight is 377 g/mol. The monoisotopic (exact) mass is 377 g/mol. The number of rotatable bonds is 8. The van der Waals surface area contributed by atoms with Crippen LogP contribution in [0.15, 0.2) is 12.1 Å². The van der Waals surface area contributed by atoms with E-state index in [2.05, 4.69) is 17.1 Å². The van der Waals surface area contributed by atoms with Crippen LogP contribution in [0.25, 0.3) is 0 Å². The van der Waals surface area contributed by atoms with Crippen molar-refractivity contribution in [3.63, 3.8) is 0 Å². The van der Waals surface area contributed by atoms with Crippen molar-refractivity contribution in [3.8, 4) is 11.5 Å². The van der Waals surface area contributed by atoms with E-state index in [1.54, 1.807) is 26.4 Å². The summed E-state index contributed by atoms with van der Waals surface area (Å²) in [6.45, 7) is 7.68. The molecule has 0 aliphatic carbocycles. The van der Waals surface area contributed by atoms with Gasteiger partial charge in [0.05, 0.1) is 20.8 Å². The van der Waals surface area contributed by atoms with E-state index in [0.29, 0.717) is 49.8 Å². The Bertz CT molecular complexity index is 630. The van der Waals surface area contributed by atoms with E-state index in [0.717, 1.165) is 24.9 Å². The van der Waals surface area contributed by atoms with E-state index in [9.17, 15) is 9.59 Å². The van der Waals surface area contributed by atoms with Gasteiger partial charge in [0.2, 0.25) is 5.91 Å². The van der Waals surface area contributed by atoms with Crippen molar-refractivity contribution in [1.29, 1.82) is 0 Å². The average Bonchev–Trinajstić information content (AvgIpc) is 2.68. The van der Waals surface area contributed by atoms with Crippen LogP contribution in [0.3, 0.4) is 0 Å². The fraction of sp³-hybridized carbons (Fsp3) is 0.600. The molecule has 1 aliphatic heterocycles. The number of hydrogen-bond acceptors (Lipinski definition) is 5. The number of ether oxygens (including phenoxy) is 2. The fourth-order valence-electron chi connectivity index (χ4n) is 3.16. The zero-order valence-corrected chi connectivity index (χ0v) is 16.8. The second-order valence-electron chi connectivity index (χ2n) is 6.78. The Hall–Kier alpha value is -2.28. The smallest absolute Gasteiger partial charge is 0.254 e. The Kier molecular flexibility index (Phi) is 7.91. The minimum atomic E-state index is -0.0429. The van der Waals surface area contributed by atoms with Crippen LogP contribution in [0.1, 0.15) is 35.7 Å². The molecule has 1 heterocycles. The van der Waals surface area contributed by atoms with Gasteiger partial charge in [-0.2, -0.15) is 0 Å². The maximum absolute atomic E-state index is 12.9. The van der Waals surface area contributed by atoms with Crippen molar-refractivity contribution in [2.24, 2.45) is 0 Å². The molecule has 7 heteroatoms. The van der Waals surface area contributed by atoms with Gasteiger partial charge in [0.15, 0.2) is 0 Å². The van der Waals surface area contributed by atoms with Gasteiger partial charge in [-0.15, -0.1) is 0 Å². The first-order chi connectivity index (χ1) is 13.0. The SMILES string of the molecule is CCCCNC(=O)CN1CCN(C(=O)c2cc(OC)c(C)c(OC)c2)CC1. The molecule has 27 heavy (non-hydrogen) atoms. The molecule has 0 aromatic heterocycles. The maximum atomic E-state index is 12.9. The molecule has 0 atom stereocenters. The van der Waals surface area contributed by atoms with Crippen molar-refractivity contribution < 1.29 is 19.1 Å². The van der Waals surface area contributed by atoms with Crippen LogP contribution < -0.4 is 14.8 Å². The third-order valence-electron chi connectivity index (χ3n) is 4.88. The normalized spacial score (nSPS) is 14.7. The number of hydrogen-bond donors (Lipinski definition) is 1. The Morgan fingerprint density at radius 3 is 2.19 bits per heavy atom. The van der Waals surface area contributed by atoms with Gasteiger partial charge < -0.3 is 19.7 Å². The first-order valence-corrected chi connectivity index (χ1v) is 9.51. The molecule has 1 aromatic rings. The van der Waals surface area contributed by atoms with Crippen LogP contribution in [0, 0.1) is 6.92 Å². The standard InChI is InChI=1S/C20H31N3O4/c1-5-6-7-21-19(24)14-22-8-10-23(11-9-22)20(25)16-12-17(26-3)15(2)18(13-16)27-4/h12-13H,5-11,14H2,1-4H3,(H,21,24). The van der Waals surface area contributed by atoms with Gasteiger partial charge in [0, 0.05) is 43.9 Å². The fourth-order valence-corrected chi connectivity index (χ4v) is 3.16. The van der Waals surface area contributed by atoms with E-state index in [-0.39, 0.29) is 11.8 Å². The van der Waals surface area contributed by atoms with E-state index in [1.165, 1.54) is 0 Å². The highest BCUT2D eigenvalue weighted by molar-refractivity contribution is 5.95. The Morgan fingerprint density at radius 1 is 1.07 bits per heavy atom. The van der Waals surface area contributed by atoms with Crippen molar-refractivity contribution in [2.45, 2.75) is 26.7 Å². The van der Waals surface area contributed by atoms with Gasteiger partial charge >= 0.3 is 0 Å². The number of carbonyl (C=O) groups is 2. The number of nitrogens with one attached hydrogen (secondary N) is 1. The molecule has 1 aromatic carbocycles. The molecular formula is C20H31N3O4. The summed E-state index contributed by atoms with van der Waals surface area (Å²) >= 11 is 0. The predicted octanol–water partition coefficient (Wildman–Crippen LogP) is 1.69. The van der Waals surface area contributed by atoms with Crippen molar-refractivity contribution in [2.75, 3.05) is 53.5 Å². The molecule has 150 valence electrons. The predicted molar refractivity (Wildman–Crippen MR) is 105 cm³/mol. The lowest BCUT2D eigenvalue weighted by atomic mass is 10.1. The van der Waals surface area contributed by atoms with E-state index in [4.69, 9.17) is 9.47 Å². The molecule has 0 saturated carbocycles. The number of piperazine rings is 1. The van der Waals surface area contributed by atoms with Crippen molar-refractivity contribution >= 4 is 11.8 Å². The number of benzene rings is 1. The van der Waals surface area contributed by atoms with Crippen LogP contribution in [0.4, 0.5) is 0 Å². The van der Waals surface area contributed by atoms with E-state index in [1.807, 2.05) is 11.8 Å². The lowest BCUT2D eigenvalue weighted by Gasteiger charge is -2.34. The van der Waals surface area contributed by atoms with Crippen LogP contribution in [-0.2, 0) is 4.79 Å². The lowest BCUT2D eigenvalue weighted by molar-refractivity contribution is -0.122. The number of amides is 2. The van der Waals surface area contributed by atoms with Gasteiger partial charge in [0.1, 0.15) is 11.5 Å². The molecule has 2 amide bonds. The molecule has 1 N–H and O–H groups in total. The summed E-state index contributed by atoms with van der Waals surface area (Å²) < 4.78 is 10.7. The molecular weight excluding hydrogens is 346 g/mol. The molecule has 7 nitrogen and oxygen atoms in total. The van der Waals surface area contributed by atoms with Gasteiger partial charge in [-0.25, -0.2) is 0 Å². The number of carbonyl (C=O) groups excluding carboxylic acids is 2. The van der Waals surface area contributed by atoms with Crippen LogP contribution in [-0.4, -0.2) is 75.1 Å². The Balaban J connectivity index is 1.92. The second-order valence-corrected chi connectivity index (χ2v) is 6.78. The molecule has 0 radical (unpaired) electrons. The largest absolute Gasteiger partial charge is 0.496 e. The minimum absolute atomic E-state index is 0.0429. The third-order valence-corrected chi connectivity index (χ3v) is 4.88. The van der Waals surface area contributed by atoms with Crippen molar-refractivity contribution in [1.82, 2.24) is 15.1 Å². The quantitative estimate of drug-likeness (QED) is 0.698. The summed E-state index contributed by atoms with van der Waals surface area (Å²) in [5.74, 6) is 1.29. The molecule has 1 aliphatic rings. The van der Waals surface area contributed by atoms with Crippen LogP contribution in [0.2, 0.25) is 0 Å². The van der Waals surface area contributed by atoms with Crippen LogP contribution in [0.5, 0.6) is 11.5 Å². The highest BCUT2D eigenvalue weighted by atomic mass is 16.5. The molecule has 1 fully saturated rings. The zero-order chi connectivity index (χ0) is 19.8. The highest BCUT2D eigenvalue weighted by Crippen LogP contribution is 2.30. The van der Waals surface area contributed by atoms with Gasteiger partial charge in [-0.05, 0) is 25.5 Å². The molecule has 2 rings (SSSR count). The summed E-state index contributed by atoms with van der Waals surface area (Å²) in [5.41, 5.74) is 1.43. The van der Waals surface area contributed by atoms with Gasteiger partial charge in [0.25, 0.3) is 5.91 Å². The van der Waals surface area contributed by atoms with E-state index < -0.39 is 0 Å². The summed E-state index contributed by atoms with van der Waals surface area (Å²) in [5, 5.41) is 2.93. The number of unbranched alkanes of at least 4 members (excludes halogenated alkanes) is 1.